The molecule has 0 aromatic carbocycles. The Kier molecular flexibility index (Phi) is 44.9. The molecule has 0 aliphatic carbocycles. The maximum absolute atomic E-state index is 12.7. The number of carbonyl (C=O) groups is 2. The largest absolute Gasteiger partial charge is 0.756 e. The van der Waals surface area contributed by atoms with Crippen molar-refractivity contribution < 1.29 is 42.1 Å². The van der Waals surface area contributed by atoms with Crippen LogP contribution < -0.4 is 4.89 Å². The lowest BCUT2D eigenvalue weighted by Gasteiger charge is -2.28. The van der Waals surface area contributed by atoms with Gasteiger partial charge in [0.05, 0.1) is 27.7 Å². The first-order valence-corrected chi connectivity index (χ1v) is 27.2. The fourth-order valence-corrected chi connectivity index (χ4v) is 6.97. The number of likely N-dealkylation sites (N-methyl/N-ethyl adjacent to an activating group) is 1. The van der Waals surface area contributed by atoms with Crippen molar-refractivity contribution in [1.82, 2.24) is 0 Å². The van der Waals surface area contributed by atoms with Crippen molar-refractivity contribution in [3.05, 3.63) is 122 Å². The van der Waals surface area contributed by atoms with Gasteiger partial charge in [0.15, 0.2) is 6.10 Å². The van der Waals surface area contributed by atoms with Crippen molar-refractivity contribution in [3.8, 4) is 0 Å². The van der Waals surface area contributed by atoms with Gasteiger partial charge < -0.3 is 27.9 Å². The number of quaternary nitrogens is 1. The standard InChI is InChI=1S/C57H94NO8P/c1-6-8-10-12-14-16-18-20-22-23-24-25-26-27-28-29-30-31-32-33-34-35-36-38-40-42-44-46-48-50-57(60)66-55(54-65-67(61,62)64-52-51-58(3,4)5)53-63-56(59)49-47-45-43-41-39-37-21-19-17-15-13-11-9-7-2/h8,10,14,16,19-22,24-25,27-28,30-31,33-34,36,38,42,44,55H,6-7,9,11-13,15,17-18,23,26,29,32,35,37,39-41,43,45-54H2,1-5H3/b10-8-,16-14-,21-19-,22-20-,25-24-,28-27-,31-30-,34-33-,38-36-,44-42-. The molecular weight excluding hydrogens is 858 g/mol. The molecule has 0 heterocycles. The smallest absolute Gasteiger partial charge is 0.306 e. The van der Waals surface area contributed by atoms with E-state index in [0.29, 0.717) is 30.3 Å². The van der Waals surface area contributed by atoms with Crippen LogP contribution in [-0.4, -0.2) is 70.0 Å². The molecule has 0 spiro atoms. The van der Waals surface area contributed by atoms with Crippen molar-refractivity contribution in [3.63, 3.8) is 0 Å². The number of phosphoric acid groups is 1. The second kappa shape index (κ2) is 47.5. The van der Waals surface area contributed by atoms with Crippen LogP contribution in [0.5, 0.6) is 0 Å². The van der Waals surface area contributed by atoms with E-state index >= 15 is 0 Å². The average molecular weight is 952 g/mol. The quantitative estimate of drug-likeness (QED) is 0.0195. The number of hydrogen-bond donors (Lipinski definition) is 0. The number of phosphoric ester groups is 1. The lowest BCUT2D eigenvalue weighted by atomic mass is 10.1. The summed E-state index contributed by atoms with van der Waals surface area (Å²) in [6, 6.07) is 0. The number of unbranched alkanes of at least 4 members (excludes halogenated alkanes) is 11. The van der Waals surface area contributed by atoms with E-state index in [4.69, 9.17) is 18.5 Å². The predicted octanol–water partition coefficient (Wildman–Crippen LogP) is 15.0. The fraction of sp³-hybridized carbons (Fsp3) is 0.614. The van der Waals surface area contributed by atoms with E-state index in [1.165, 1.54) is 38.5 Å². The van der Waals surface area contributed by atoms with Crippen molar-refractivity contribution in [2.45, 2.75) is 180 Å². The number of allylic oxidation sites excluding steroid dienone is 20. The molecule has 0 aliphatic rings. The number of rotatable bonds is 45. The number of nitrogens with zero attached hydrogens (tertiary/aromatic N) is 1. The zero-order valence-corrected chi connectivity index (χ0v) is 43.7. The first kappa shape index (κ1) is 63.4. The van der Waals surface area contributed by atoms with Crippen molar-refractivity contribution >= 4 is 19.8 Å². The molecule has 0 rings (SSSR count). The van der Waals surface area contributed by atoms with Crippen LogP contribution in [0.25, 0.3) is 0 Å². The SMILES string of the molecule is CC/C=C\C/C=C\C/C=C\C/C=C\C/C=C\C/C=C\C/C=C\C/C=C\C/C=C\CCCC(=O)OC(COC(=O)CCCCCCC/C=C\CCCCCCC)COP(=O)([O-])OCC[N+](C)(C)C. The molecule has 0 saturated heterocycles. The summed E-state index contributed by atoms with van der Waals surface area (Å²) in [5, 5.41) is 0. The second-order valence-corrected chi connectivity index (χ2v) is 19.2. The summed E-state index contributed by atoms with van der Waals surface area (Å²) in [5.41, 5.74) is 0. The fourth-order valence-electron chi connectivity index (χ4n) is 6.24. The summed E-state index contributed by atoms with van der Waals surface area (Å²) < 4.78 is 33.9. The molecular formula is C57H94NO8P. The number of ether oxygens (including phenoxy) is 2. The van der Waals surface area contributed by atoms with Crippen LogP contribution in [0.2, 0.25) is 0 Å². The molecule has 2 atom stereocenters. The maximum Gasteiger partial charge on any atom is 0.306 e. The van der Waals surface area contributed by atoms with Gasteiger partial charge in [-0.25, -0.2) is 0 Å². The Bertz CT molecular complexity index is 1540. The minimum absolute atomic E-state index is 0.0499. The zero-order chi connectivity index (χ0) is 49.2. The summed E-state index contributed by atoms with van der Waals surface area (Å²) in [6.07, 6.45) is 66.7. The highest BCUT2D eigenvalue weighted by atomic mass is 31.2. The van der Waals surface area contributed by atoms with Crippen LogP contribution in [0, 0.1) is 0 Å². The van der Waals surface area contributed by atoms with Crippen LogP contribution >= 0.6 is 7.82 Å². The van der Waals surface area contributed by atoms with Gasteiger partial charge >= 0.3 is 11.9 Å². The monoisotopic (exact) mass is 952 g/mol. The molecule has 380 valence electrons. The molecule has 2 unspecified atom stereocenters. The summed E-state index contributed by atoms with van der Waals surface area (Å²) >= 11 is 0. The van der Waals surface area contributed by atoms with Crippen LogP contribution in [-0.2, 0) is 32.7 Å². The van der Waals surface area contributed by atoms with Crippen molar-refractivity contribution in [2.75, 3.05) is 47.5 Å². The van der Waals surface area contributed by atoms with Gasteiger partial charge in [-0.3, -0.25) is 14.2 Å². The van der Waals surface area contributed by atoms with Crippen LogP contribution in [0.3, 0.4) is 0 Å². The lowest BCUT2D eigenvalue weighted by Crippen LogP contribution is -2.37. The van der Waals surface area contributed by atoms with E-state index in [1.807, 2.05) is 27.2 Å². The molecule has 0 amide bonds. The maximum atomic E-state index is 12.7. The van der Waals surface area contributed by atoms with E-state index in [1.54, 1.807) is 0 Å². The normalized spacial score (nSPS) is 14.4. The van der Waals surface area contributed by atoms with Gasteiger partial charge in [0.2, 0.25) is 0 Å². The van der Waals surface area contributed by atoms with Crippen LogP contribution in [0.4, 0.5) is 0 Å². The van der Waals surface area contributed by atoms with Crippen molar-refractivity contribution in [1.29, 1.82) is 0 Å². The van der Waals surface area contributed by atoms with Gasteiger partial charge in [0.25, 0.3) is 7.82 Å². The Hall–Kier alpha value is -3.59. The average Bonchev–Trinajstić information content (AvgIpc) is 3.29. The summed E-state index contributed by atoms with van der Waals surface area (Å²) in [4.78, 5) is 37.7. The highest BCUT2D eigenvalue weighted by Crippen LogP contribution is 2.38. The molecule has 0 aromatic rings. The third-order valence-corrected chi connectivity index (χ3v) is 11.2. The van der Waals surface area contributed by atoms with Gasteiger partial charge in [-0.1, -0.05) is 180 Å². The minimum Gasteiger partial charge on any atom is -0.756 e. The number of esters is 2. The molecule has 67 heavy (non-hydrogen) atoms. The van der Waals surface area contributed by atoms with E-state index in [-0.39, 0.29) is 26.1 Å². The van der Waals surface area contributed by atoms with Gasteiger partial charge in [0.1, 0.15) is 19.8 Å². The Morgan fingerprint density at radius 2 is 0.866 bits per heavy atom. The van der Waals surface area contributed by atoms with E-state index < -0.39 is 32.5 Å². The Labute approximate surface area is 409 Å². The van der Waals surface area contributed by atoms with E-state index in [9.17, 15) is 19.0 Å². The number of hydrogen-bond acceptors (Lipinski definition) is 8. The van der Waals surface area contributed by atoms with E-state index in [0.717, 1.165) is 89.9 Å². The lowest BCUT2D eigenvalue weighted by molar-refractivity contribution is -0.870. The molecule has 0 saturated carbocycles. The molecule has 0 N–H and O–H groups in total. The van der Waals surface area contributed by atoms with Gasteiger partial charge in [-0.2, -0.15) is 0 Å². The molecule has 9 nitrogen and oxygen atoms in total. The van der Waals surface area contributed by atoms with Gasteiger partial charge in [-0.15, -0.1) is 0 Å². The Balaban J connectivity index is 4.39. The second-order valence-electron chi connectivity index (χ2n) is 17.8. The first-order valence-electron chi connectivity index (χ1n) is 25.7. The van der Waals surface area contributed by atoms with Gasteiger partial charge in [-0.05, 0) is 103 Å². The minimum atomic E-state index is -4.66. The Morgan fingerprint density at radius 3 is 1.33 bits per heavy atom. The van der Waals surface area contributed by atoms with E-state index in [2.05, 4.69) is 129 Å². The molecule has 0 fully saturated rings. The molecule has 10 heteroatoms. The molecule has 0 bridgehead atoms. The first-order chi connectivity index (χ1) is 32.5. The summed E-state index contributed by atoms with van der Waals surface area (Å²) in [6.45, 7) is 4.00. The van der Waals surface area contributed by atoms with Gasteiger partial charge in [0, 0.05) is 12.8 Å². The zero-order valence-electron chi connectivity index (χ0n) is 42.8. The summed E-state index contributed by atoms with van der Waals surface area (Å²) in [5.74, 6) is -0.925. The van der Waals surface area contributed by atoms with Crippen LogP contribution in [0.1, 0.15) is 174 Å². The topological polar surface area (TPSA) is 111 Å². The summed E-state index contributed by atoms with van der Waals surface area (Å²) in [7, 11) is 1.10. The molecule has 0 radical (unpaired) electrons. The number of carbonyl (C=O) groups excluding carboxylic acids is 2. The predicted molar refractivity (Wildman–Crippen MR) is 281 cm³/mol. The highest BCUT2D eigenvalue weighted by molar-refractivity contribution is 7.45. The third kappa shape index (κ3) is 51.6. The third-order valence-electron chi connectivity index (χ3n) is 10.2. The molecule has 0 aliphatic heterocycles. The molecule has 0 aromatic heterocycles. The van der Waals surface area contributed by atoms with Crippen LogP contribution in [0.15, 0.2) is 122 Å². The van der Waals surface area contributed by atoms with Crippen molar-refractivity contribution in [2.24, 2.45) is 0 Å². The highest BCUT2D eigenvalue weighted by Gasteiger charge is 2.21. The Morgan fingerprint density at radius 1 is 0.478 bits per heavy atom.